The summed E-state index contributed by atoms with van der Waals surface area (Å²) < 4.78 is 1.93. The summed E-state index contributed by atoms with van der Waals surface area (Å²) in [6.07, 6.45) is 7.33. The first-order chi connectivity index (χ1) is 6.90. The Labute approximate surface area is 82.2 Å². The highest BCUT2D eigenvalue weighted by atomic mass is 16.4. The van der Waals surface area contributed by atoms with Crippen molar-refractivity contribution in [3.63, 3.8) is 0 Å². The molecule has 2 aliphatic carbocycles. The van der Waals surface area contributed by atoms with E-state index in [1.165, 1.54) is 19.3 Å². The second kappa shape index (κ2) is 2.83. The zero-order chi connectivity index (χ0) is 9.54. The SMILES string of the molecule is O/N=C1\[C@H]2CC[C@H](C2)[C@H]1n1cccn1. The van der Waals surface area contributed by atoms with E-state index >= 15 is 0 Å². The molecule has 2 bridgehead atoms. The molecular weight excluding hydrogens is 178 g/mol. The first kappa shape index (κ1) is 8.03. The van der Waals surface area contributed by atoms with Gasteiger partial charge in [0.25, 0.3) is 0 Å². The highest BCUT2D eigenvalue weighted by molar-refractivity contribution is 5.93. The fourth-order valence-corrected chi connectivity index (χ4v) is 2.99. The van der Waals surface area contributed by atoms with E-state index < -0.39 is 0 Å². The molecule has 14 heavy (non-hydrogen) atoms. The highest BCUT2D eigenvalue weighted by Gasteiger charge is 2.46. The van der Waals surface area contributed by atoms with Crippen LogP contribution in [0.2, 0.25) is 0 Å². The molecular formula is C10H13N3O. The standard InChI is InChI=1S/C10H13N3O/c14-12-9-7-2-3-8(6-7)10(9)13-5-1-4-11-13/h1,4-5,7-8,10,14H,2-3,6H2/b12-9+/t7-,8+,10+/m0/s1. The Kier molecular flexibility index (Phi) is 1.63. The van der Waals surface area contributed by atoms with E-state index in [9.17, 15) is 0 Å². The molecule has 0 unspecified atom stereocenters. The van der Waals surface area contributed by atoms with Crippen LogP contribution in [0.4, 0.5) is 0 Å². The van der Waals surface area contributed by atoms with E-state index in [0.717, 1.165) is 5.71 Å². The molecule has 2 aliphatic rings. The van der Waals surface area contributed by atoms with Gasteiger partial charge in [-0.05, 0) is 31.2 Å². The second-order valence-corrected chi connectivity index (χ2v) is 4.23. The van der Waals surface area contributed by atoms with Gasteiger partial charge in [-0.15, -0.1) is 0 Å². The topological polar surface area (TPSA) is 50.4 Å². The van der Waals surface area contributed by atoms with Gasteiger partial charge >= 0.3 is 0 Å². The Bertz CT molecular complexity index is 357. The Balaban J connectivity index is 2.00. The van der Waals surface area contributed by atoms with E-state index in [0.29, 0.717) is 11.8 Å². The minimum Gasteiger partial charge on any atom is -0.411 e. The van der Waals surface area contributed by atoms with Crippen molar-refractivity contribution in [3.05, 3.63) is 18.5 Å². The Morgan fingerprint density at radius 1 is 1.50 bits per heavy atom. The molecule has 1 N–H and O–H groups in total. The molecule has 0 saturated heterocycles. The minimum atomic E-state index is 0.216. The van der Waals surface area contributed by atoms with E-state index in [4.69, 9.17) is 5.21 Å². The fraction of sp³-hybridized carbons (Fsp3) is 0.600. The van der Waals surface area contributed by atoms with Crippen molar-refractivity contribution in [1.82, 2.24) is 9.78 Å². The van der Waals surface area contributed by atoms with Gasteiger partial charge in [0.1, 0.15) is 0 Å². The van der Waals surface area contributed by atoms with Crippen molar-refractivity contribution in [1.29, 1.82) is 0 Å². The van der Waals surface area contributed by atoms with Crippen LogP contribution in [0.15, 0.2) is 23.6 Å². The van der Waals surface area contributed by atoms with Crippen molar-refractivity contribution < 1.29 is 5.21 Å². The molecule has 0 spiro atoms. The van der Waals surface area contributed by atoms with Crippen LogP contribution in [0, 0.1) is 11.8 Å². The van der Waals surface area contributed by atoms with Gasteiger partial charge in [0.05, 0.1) is 11.8 Å². The summed E-state index contributed by atoms with van der Waals surface area (Å²) >= 11 is 0. The predicted octanol–water partition coefficient (Wildman–Crippen LogP) is 1.68. The largest absolute Gasteiger partial charge is 0.411 e. The summed E-state index contributed by atoms with van der Waals surface area (Å²) in [6, 6.07) is 2.13. The van der Waals surface area contributed by atoms with Crippen LogP contribution >= 0.6 is 0 Å². The molecule has 3 rings (SSSR count). The maximum absolute atomic E-state index is 9.00. The van der Waals surface area contributed by atoms with Crippen LogP contribution in [-0.4, -0.2) is 20.7 Å². The van der Waals surface area contributed by atoms with Gasteiger partial charge in [-0.3, -0.25) is 4.68 Å². The lowest BCUT2D eigenvalue weighted by molar-refractivity contribution is 0.305. The van der Waals surface area contributed by atoms with Gasteiger partial charge in [-0.2, -0.15) is 5.10 Å². The van der Waals surface area contributed by atoms with Gasteiger partial charge in [0.2, 0.25) is 0 Å². The summed E-state index contributed by atoms with van der Waals surface area (Å²) in [7, 11) is 0. The van der Waals surface area contributed by atoms with E-state index in [2.05, 4.69) is 10.3 Å². The van der Waals surface area contributed by atoms with Crippen molar-refractivity contribution in [2.75, 3.05) is 0 Å². The van der Waals surface area contributed by atoms with Gasteiger partial charge in [-0.1, -0.05) is 5.16 Å². The molecule has 3 atom stereocenters. The monoisotopic (exact) mass is 191 g/mol. The number of hydrogen-bond acceptors (Lipinski definition) is 3. The summed E-state index contributed by atoms with van der Waals surface area (Å²) in [6.45, 7) is 0. The van der Waals surface area contributed by atoms with E-state index in [-0.39, 0.29) is 6.04 Å². The molecule has 2 saturated carbocycles. The molecule has 2 fully saturated rings. The first-order valence-electron chi connectivity index (χ1n) is 5.11. The van der Waals surface area contributed by atoms with Crippen molar-refractivity contribution in [2.45, 2.75) is 25.3 Å². The van der Waals surface area contributed by atoms with Crippen molar-refractivity contribution in [2.24, 2.45) is 17.0 Å². The second-order valence-electron chi connectivity index (χ2n) is 4.23. The Morgan fingerprint density at radius 2 is 2.43 bits per heavy atom. The lowest BCUT2D eigenvalue weighted by Gasteiger charge is -2.22. The molecule has 1 heterocycles. The number of aromatic nitrogens is 2. The average Bonchev–Trinajstić information content (AvgIpc) is 2.92. The lowest BCUT2D eigenvalue weighted by Crippen LogP contribution is -2.26. The third-order valence-electron chi connectivity index (χ3n) is 3.57. The van der Waals surface area contributed by atoms with Crippen molar-refractivity contribution in [3.8, 4) is 0 Å². The van der Waals surface area contributed by atoms with Crippen molar-refractivity contribution >= 4 is 5.71 Å². The Morgan fingerprint density at radius 3 is 3.14 bits per heavy atom. The van der Waals surface area contributed by atoms with E-state index in [1.807, 2.05) is 16.9 Å². The smallest absolute Gasteiger partial charge is 0.0964 e. The number of nitrogens with zero attached hydrogens (tertiary/aromatic N) is 3. The average molecular weight is 191 g/mol. The van der Waals surface area contributed by atoms with Crippen LogP contribution in [0.3, 0.4) is 0 Å². The lowest BCUT2D eigenvalue weighted by atomic mass is 9.93. The minimum absolute atomic E-state index is 0.216. The number of fused-ring (bicyclic) bond motifs is 2. The Hall–Kier alpha value is -1.32. The molecule has 0 aromatic carbocycles. The number of oxime groups is 1. The molecule has 0 amide bonds. The summed E-state index contributed by atoms with van der Waals surface area (Å²) in [5.41, 5.74) is 0.935. The molecule has 74 valence electrons. The van der Waals surface area contributed by atoms with Gasteiger partial charge < -0.3 is 5.21 Å². The maximum Gasteiger partial charge on any atom is 0.0964 e. The molecule has 4 nitrogen and oxygen atoms in total. The van der Waals surface area contributed by atoms with Gasteiger partial charge in [0, 0.05) is 18.3 Å². The normalized spacial score (nSPS) is 38.3. The first-order valence-corrected chi connectivity index (χ1v) is 5.11. The molecule has 1 aromatic heterocycles. The molecule has 0 aliphatic heterocycles. The predicted molar refractivity (Wildman–Crippen MR) is 51.3 cm³/mol. The molecule has 4 heteroatoms. The zero-order valence-electron chi connectivity index (χ0n) is 7.87. The highest BCUT2D eigenvalue weighted by Crippen LogP contribution is 2.48. The maximum atomic E-state index is 9.00. The van der Waals surface area contributed by atoms with Crippen LogP contribution in [0.1, 0.15) is 25.3 Å². The van der Waals surface area contributed by atoms with Gasteiger partial charge in [-0.25, -0.2) is 0 Å². The zero-order valence-corrected chi connectivity index (χ0v) is 7.87. The summed E-state index contributed by atoms with van der Waals surface area (Å²) in [5, 5.41) is 16.7. The van der Waals surface area contributed by atoms with Crippen LogP contribution in [-0.2, 0) is 0 Å². The quantitative estimate of drug-likeness (QED) is 0.542. The summed E-state index contributed by atoms with van der Waals surface area (Å²) in [4.78, 5) is 0. The molecule has 0 radical (unpaired) electrons. The third-order valence-corrected chi connectivity index (χ3v) is 3.57. The summed E-state index contributed by atoms with van der Waals surface area (Å²) in [5.74, 6) is 1.13. The fourth-order valence-electron chi connectivity index (χ4n) is 2.99. The third kappa shape index (κ3) is 0.937. The van der Waals surface area contributed by atoms with Gasteiger partial charge in [0.15, 0.2) is 0 Å². The molecule has 1 aromatic rings. The number of rotatable bonds is 1. The van der Waals surface area contributed by atoms with Crippen LogP contribution < -0.4 is 0 Å². The van der Waals surface area contributed by atoms with Crippen LogP contribution in [0.5, 0.6) is 0 Å². The number of hydrogen-bond donors (Lipinski definition) is 1. The van der Waals surface area contributed by atoms with Crippen LogP contribution in [0.25, 0.3) is 0 Å². The van der Waals surface area contributed by atoms with E-state index in [1.54, 1.807) is 6.20 Å².